The van der Waals surface area contributed by atoms with Crippen molar-refractivity contribution in [3.8, 4) is 0 Å². The predicted molar refractivity (Wildman–Crippen MR) is 83.2 cm³/mol. The Kier molecular flexibility index (Phi) is 2.07. The van der Waals surface area contributed by atoms with Crippen LogP contribution in [-0.2, 0) is 0 Å². The molecule has 0 radical (unpaired) electrons. The van der Waals surface area contributed by atoms with Crippen LogP contribution in [0.5, 0.6) is 0 Å². The molecule has 2 aromatic carbocycles. The Bertz CT molecular complexity index is 834. The van der Waals surface area contributed by atoms with Crippen LogP contribution in [0.1, 0.15) is 48.6 Å². The van der Waals surface area contributed by atoms with Crippen molar-refractivity contribution < 1.29 is 0 Å². The standard InChI is InChI=1S/C19H17N/c1-3-13-11-14(4-1)18-15(13)8-9-17-16(18)7-6-12-5-2-10-20-19(12)17/h2,5-10,13-14H,1,3-4,11H2/t13-,14-/m0/s1. The summed E-state index contributed by atoms with van der Waals surface area (Å²) in [5.74, 6) is 1.63. The molecule has 2 bridgehead atoms. The van der Waals surface area contributed by atoms with Crippen LogP contribution in [0.4, 0.5) is 0 Å². The number of rotatable bonds is 0. The fourth-order valence-corrected chi connectivity index (χ4v) is 4.54. The lowest BCUT2D eigenvalue weighted by Gasteiger charge is -2.18. The van der Waals surface area contributed by atoms with Crippen molar-refractivity contribution in [2.24, 2.45) is 0 Å². The van der Waals surface area contributed by atoms with Crippen molar-refractivity contribution in [3.05, 3.63) is 53.7 Å². The van der Waals surface area contributed by atoms with Crippen molar-refractivity contribution in [1.82, 2.24) is 4.98 Å². The quantitative estimate of drug-likeness (QED) is 0.509. The predicted octanol–water partition coefficient (Wildman–Crippen LogP) is 5.14. The molecular weight excluding hydrogens is 242 g/mol. The van der Waals surface area contributed by atoms with E-state index in [2.05, 4.69) is 35.3 Å². The van der Waals surface area contributed by atoms with Crippen molar-refractivity contribution in [2.45, 2.75) is 37.5 Å². The molecule has 5 rings (SSSR count). The van der Waals surface area contributed by atoms with Gasteiger partial charge in [0, 0.05) is 17.0 Å². The van der Waals surface area contributed by atoms with Crippen LogP contribution in [0.3, 0.4) is 0 Å². The zero-order valence-electron chi connectivity index (χ0n) is 11.5. The van der Waals surface area contributed by atoms with Crippen molar-refractivity contribution >= 4 is 21.7 Å². The summed E-state index contributed by atoms with van der Waals surface area (Å²) in [4.78, 5) is 4.62. The first kappa shape index (κ1) is 10.8. The van der Waals surface area contributed by atoms with Crippen LogP contribution in [0.2, 0.25) is 0 Å². The van der Waals surface area contributed by atoms with E-state index < -0.39 is 0 Å². The van der Waals surface area contributed by atoms with Gasteiger partial charge in [0.2, 0.25) is 0 Å². The van der Waals surface area contributed by atoms with E-state index in [1.165, 1.54) is 41.8 Å². The summed E-state index contributed by atoms with van der Waals surface area (Å²) in [7, 11) is 0. The molecule has 1 heterocycles. The van der Waals surface area contributed by atoms with Gasteiger partial charge in [-0.05, 0) is 53.7 Å². The second-order valence-electron chi connectivity index (χ2n) is 6.36. The molecule has 0 amide bonds. The zero-order chi connectivity index (χ0) is 13.1. The van der Waals surface area contributed by atoms with Gasteiger partial charge in [-0.15, -0.1) is 0 Å². The highest BCUT2D eigenvalue weighted by atomic mass is 14.6. The van der Waals surface area contributed by atoms with E-state index >= 15 is 0 Å². The third-order valence-corrected chi connectivity index (χ3v) is 5.37. The van der Waals surface area contributed by atoms with Crippen LogP contribution in [0.15, 0.2) is 42.6 Å². The molecule has 3 aromatic rings. The summed E-state index contributed by atoms with van der Waals surface area (Å²) >= 11 is 0. The Morgan fingerprint density at radius 2 is 1.80 bits per heavy atom. The minimum atomic E-state index is 0.800. The van der Waals surface area contributed by atoms with Crippen LogP contribution in [0, 0.1) is 0 Å². The monoisotopic (exact) mass is 259 g/mol. The van der Waals surface area contributed by atoms with E-state index in [-0.39, 0.29) is 0 Å². The molecule has 0 aliphatic heterocycles. The molecule has 1 heteroatoms. The number of fused-ring (bicyclic) bond motifs is 9. The summed E-state index contributed by atoms with van der Waals surface area (Å²) in [6.07, 6.45) is 7.46. The van der Waals surface area contributed by atoms with Gasteiger partial charge in [-0.2, -0.15) is 0 Å². The first-order valence-electron chi connectivity index (χ1n) is 7.72. The van der Waals surface area contributed by atoms with Crippen LogP contribution in [0.25, 0.3) is 21.7 Å². The summed E-state index contributed by atoms with van der Waals surface area (Å²) in [6.45, 7) is 0. The van der Waals surface area contributed by atoms with E-state index in [0.717, 1.165) is 17.4 Å². The van der Waals surface area contributed by atoms with E-state index in [9.17, 15) is 0 Å². The Morgan fingerprint density at radius 1 is 0.900 bits per heavy atom. The Labute approximate surface area is 118 Å². The Balaban J connectivity index is 1.92. The maximum Gasteiger partial charge on any atom is 0.0780 e. The molecule has 0 unspecified atom stereocenters. The van der Waals surface area contributed by atoms with E-state index in [1.54, 1.807) is 11.1 Å². The molecular formula is C19H17N. The van der Waals surface area contributed by atoms with Crippen LogP contribution in [-0.4, -0.2) is 4.98 Å². The molecule has 0 N–H and O–H groups in total. The third kappa shape index (κ3) is 1.30. The van der Waals surface area contributed by atoms with E-state index in [1.807, 2.05) is 12.3 Å². The van der Waals surface area contributed by atoms with Gasteiger partial charge in [0.1, 0.15) is 0 Å². The first-order chi connectivity index (χ1) is 9.92. The number of aromatic nitrogens is 1. The summed E-state index contributed by atoms with van der Waals surface area (Å²) in [5.41, 5.74) is 4.45. The van der Waals surface area contributed by atoms with Gasteiger partial charge in [-0.1, -0.05) is 36.8 Å². The average molecular weight is 259 g/mol. The molecule has 2 aliphatic rings. The molecule has 0 spiro atoms. The fourth-order valence-electron chi connectivity index (χ4n) is 4.54. The SMILES string of the molecule is c1cnc2c(c1)ccc1c3c(ccc12)[C@H]1CCC[C@H]3C1. The lowest BCUT2D eigenvalue weighted by atomic mass is 9.86. The maximum atomic E-state index is 4.62. The van der Waals surface area contributed by atoms with Gasteiger partial charge < -0.3 is 0 Å². The highest BCUT2D eigenvalue weighted by molar-refractivity contribution is 6.06. The number of benzene rings is 2. The molecule has 2 atom stereocenters. The summed E-state index contributed by atoms with van der Waals surface area (Å²) < 4.78 is 0. The van der Waals surface area contributed by atoms with Crippen molar-refractivity contribution in [2.75, 3.05) is 0 Å². The second-order valence-corrected chi connectivity index (χ2v) is 6.36. The molecule has 0 saturated heterocycles. The number of nitrogens with zero attached hydrogens (tertiary/aromatic N) is 1. The lowest BCUT2D eigenvalue weighted by molar-refractivity contribution is 0.436. The molecule has 1 nitrogen and oxygen atoms in total. The topological polar surface area (TPSA) is 12.9 Å². The van der Waals surface area contributed by atoms with Gasteiger partial charge in [-0.3, -0.25) is 4.98 Å². The molecule has 1 saturated carbocycles. The first-order valence-corrected chi connectivity index (χ1v) is 7.72. The molecule has 20 heavy (non-hydrogen) atoms. The van der Waals surface area contributed by atoms with Gasteiger partial charge in [-0.25, -0.2) is 0 Å². The minimum Gasteiger partial charge on any atom is -0.256 e. The van der Waals surface area contributed by atoms with Gasteiger partial charge in [0.15, 0.2) is 0 Å². The average Bonchev–Trinajstić information content (AvgIpc) is 2.78. The van der Waals surface area contributed by atoms with Gasteiger partial charge in [0.05, 0.1) is 5.52 Å². The Morgan fingerprint density at radius 3 is 2.80 bits per heavy atom. The minimum absolute atomic E-state index is 0.800. The van der Waals surface area contributed by atoms with Crippen molar-refractivity contribution in [3.63, 3.8) is 0 Å². The summed E-state index contributed by atoms with van der Waals surface area (Å²) in [6, 6.07) is 13.5. The molecule has 98 valence electrons. The Hall–Kier alpha value is -1.89. The lowest BCUT2D eigenvalue weighted by Crippen LogP contribution is -2.01. The normalized spacial score (nSPS) is 24.2. The van der Waals surface area contributed by atoms with E-state index in [4.69, 9.17) is 0 Å². The van der Waals surface area contributed by atoms with Crippen LogP contribution >= 0.6 is 0 Å². The van der Waals surface area contributed by atoms with Crippen LogP contribution < -0.4 is 0 Å². The molecule has 2 aliphatic carbocycles. The van der Waals surface area contributed by atoms with Gasteiger partial charge in [0.25, 0.3) is 0 Å². The van der Waals surface area contributed by atoms with E-state index in [0.29, 0.717) is 0 Å². The molecule has 1 aromatic heterocycles. The van der Waals surface area contributed by atoms with Crippen molar-refractivity contribution in [1.29, 1.82) is 0 Å². The number of hydrogen-bond acceptors (Lipinski definition) is 1. The second kappa shape index (κ2) is 3.82. The highest BCUT2D eigenvalue weighted by Crippen LogP contribution is 2.52. The fraction of sp³-hybridized carbons (Fsp3) is 0.316. The zero-order valence-corrected chi connectivity index (χ0v) is 11.5. The smallest absolute Gasteiger partial charge is 0.0780 e. The van der Waals surface area contributed by atoms with Gasteiger partial charge >= 0.3 is 0 Å². The third-order valence-electron chi connectivity index (χ3n) is 5.37. The largest absolute Gasteiger partial charge is 0.256 e. The number of hydrogen-bond donors (Lipinski definition) is 0. The maximum absolute atomic E-state index is 4.62. The number of pyridine rings is 1. The highest BCUT2D eigenvalue weighted by Gasteiger charge is 2.35. The summed E-state index contributed by atoms with van der Waals surface area (Å²) in [5, 5.41) is 4.05. The molecule has 1 fully saturated rings.